The van der Waals surface area contributed by atoms with Crippen molar-refractivity contribution in [1.29, 1.82) is 0 Å². The molecule has 1 aromatic heterocycles. The summed E-state index contributed by atoms with van der Waals surface area (Å²) in [6.07, 6.45) is 16.8. The normalized spacial score (nSPS) is 16.9. The molecule has 1 fully saturated rings. The van der Waals surface area contributed by atoms with E-state index in [4.69, 9.17) is 17.3 Å². The molecule has 0 bridgehead atoms. The summed E-state index contributed by atoms with van der Waals surface area (Å²) in [5.74, 6) is 0.708. The second-order valence-electron chi connectivity index (χ2n) is 8.15. The van der Waals surface area contributed by atoms with Crippen LogP contribution in [0.1, 0.15) is 50.0 Å². The highest BCUT2D eigenvalue weighted by Crippen LogP contribution is 2.27. The third kappa shape index (κ3) is 4.55. The van der Waals surface area contributed by atoms with Gasteiger partial charge in [0.15, 0.2) is 0 Å². The highest BCUT2D eigenvalue weighted by molar-refractivity contribution is 6.30. The molecule has 1 saturated heterocycles. The van der Waals surface area contributed by atoms with Gasteiger partial charge in [0.25, 0.3) is 0 Å². The zero-order valence-corrected chi connectivity index (χ0v) is 18.2. The monoisotopic (exact) mass is 423 g/mol. The Labute approximate surface area is 183 Å². The summed E-state index contributed by atoms with van der Waals surface area (Å²) in [6, 6.07) is 8.04. The SMILES string of the molecule is NCCCC(=O)N1CCC(c2cn(-c3ccc(Cl)cc3)c3c2=CC=CCCC=3)CC1. The second-order valence-corrected chi connectivity index (χ2v) is 8.59. The molecule has 1 aromatic carbocycles. The fraction of sp³-hybridized carbons (Fsp3) is 0.400. The molecule has 4 rings (SSSR count). The van der Waals surface area contributed by atoms with E-state index in [1.165, 1.54) is 16.1 Å². The summed E-state index contributed by atoms with van der Waals surface area (Å²) in [5.41, 5.74) is 8.08. The highest BCUT2D eigenvalue weighted by Gasteiger charge is 2.25. The largest absolute Gasteiger partial charge is 0.343 e. The van der Waals surface area contributed by atoms with Crippen molar-refractivity contribution in [3.63, 3.8) is 0 Å². The summed E-state index contributed by atoms with van der Waals surface area (Å²) in [5, 5.41) is 3.33. The lowest BCUT2D eigenvalue weighted by Gasteiger charge is -2.32. The first-order valence-electron chi connectivity index (χ1n) is 11.0. The minimum atomic E-state index is 0.246. The number of halogens is 1. The Kier molecular flexibility index (Phi) is 6.76. The lowest BCUT2D eigenvalue weighted by molar-refractivity contribution is -0.132. The number of carbonyl (C=O) groups is 1. The fourth-order valence-corrected chi connectivity index (χ4v) is 4.64. The van der Waals surface area contributed by atoms with Crippen LogP contribution in [0.3, 0.4) is 0 Å². The first kappa shape index (κ1) is 21.0. The zero-order chi connectivity index (χ0) is 20.9. The van der Waals surface area contributed by atoms with Gasteiger partial charge in [-0.05, 0) is 74.4 Å². The Bertz CT molecular complexity index is 1030. The van der Waals surface area contributed by atoms with Crippen LogP contribution in [-0.4, -0.2) is 35.0 Å². The Morgan fingerprint density at radius 3 is 2.63 bits per heavy atom. The second kappa shape index (κ2) is 9.67. The quantitative estimate of drug-likeness (QED) is 0.800. The molecule has 0 spiro atoms. The van der Waals surface area contributed by atoms with E-state index in [1.807, 2.05) is 17.0 Å². The molecule has 30 heavy (non-hydrogen) atoms. The Morgan fingerprint density at radius 1 is 1.13 bits per heavy atom. The number of hydrogen-bond acceptors (Lipinski definition) is 2. The number of fused-ring (bicyclic) bond motifs is 1. The Hall–Kier alpha value is -2.30. The van der Waals surface area contributed by atoms with Crippen molar-refractivity contribution >= 4 is 29.7 Å². The number of nitrogens with two attached hydrogens (primary N) is 1. The molecule has 4 nitrogen and oxygen atoms in total. The third-order valence-electron chi connectivity index (χ3n) is 6.17. The first-order valence-corrected chi connectivity index (χ1v) is 11.4. The molecule has 158 valence electrons. The predicted molar refractivity (Wildman–Crippen MR) is 124 cm³/mol. The molecule has 2 heterocycles. The number of benzene rings is 1. The lowest BCUT2D eigenvalue weighted by atomic mass is 9.89. The maximum Gasteiger partial charge on any atom is 0.222 e. The van der Waals surface area contributed by atoms with Gasteiger partial charge in [0.05, 0.1) is 0 Å². The lowest BCUT2D eigenvalue weighted by Crippen LogP contribution is -2.39. The van der Waals surface area contributed by atoms with Crippen molar-refractivity contribution in [2.45, 2.75) is 44.4 Å². The van der Waals surface area contributed by atoms with Crippen molar-refractivity contribution < 1.29 is 4.79 Å². The highest BCUT2D eigenvalue weighted by atomic mass is 35.5. The first-order chi connectivity index (χ1) is 14.7. The van der Waals surface area contributed by atoms with Gasteiger partial charge in [-0.3, -0.25) is 4.79 Å². The van der Waals surface area contributed by atoms with Gasteiger partial charge < -0.3 is 15.2 Å². The molecule has 0 atom stereocenters. The van der Waals surface area contributed by atoms with Crippen LogP contribution in [0.2, 0.25) is 5.02 Å². The standard InChI is InChI=1S/C25H30ClN3O/c26-20-9-11-21(12-10-20)29-18-23(22-6-3-1-2-4-7-24(22)29)19-13-16-28(17-14-19)25(30)8-5-15-27/h1,3,6-7,9-12,18-19H,2,4-5,8,13-17,27H2. The third-order valence-corrected chi connectivity index (χ3v) is 6.42. The van der Waals surface area contributed by atoms with Crippen LogP contribution in [0.4, 0.5) is 0 Å². The van der Waals surface area contributed by atoms with Crippen molar-refractivity contribution in [3.05, 3.63) is 63.8 Å². The van der Waals surface area contributed by atoms with E-state index in [0.29, 0.717) is 18.9 Å². The molecule has 0 saturated carbocycles. The zero-order valence-electron chi connectivity index (χ0n) is 17.4. The molecule has 1 amide bonds. The van der Waals surface area contributed by atoms with Crippen LogP contribution in [0.5, 0.6) is 0 Å². The van der Waals surface area contributed by atoms with Gasteiger partial charge in [-0.1, -0.05) is 35.9 Å². The maximum absolute atomic E-state index is 12.4. The number of likely N-dealkylation sites (tertiary alicyclic amines) is 1. The average Bonchev–Trinajstić information content (AvgIpc) is 3.09. The summed E-state index contributed by atoms with van der Waals surface area (Å²) in [7, 11) is 0. The predicted octanol–water partition coefficient (Wildman–Crippen LogP) is 3.49. The maximum atomic E-state index is 12.4. The number of piperidine rings is 1. The van der Waals surface area contributed by atoms with Crippen molar-refractivity contribution in [2.24, 2.45) is 5.73 Å². The molecule has 1 aliphatic carbocycles. The van der Waals surface area contributed by atoms with Crippen LogP contribution in [-0.2, 0) is 4.79 Å². The summed E-state index contributed by atoms with van der Waals surface area (Å²) in [6.45, 7) is 2.23. The van der Waals surface area contributed by atoms with Gasteiger partial charge in [0.1, 0.15) is 0 Å². The molecule has 0 radical (unpaired) electrons. The summed E-state index contributed by atoms with van der Waals surface area (Å²) >= 11 is 6.12. The van der Waals surface area contributed by atoms with Gasteiger partial charge >= 0.3 is 0 Å². The van der Waals surface area contributed by atoms with Gasteiger partial charge in [-0.25, -0.2) is 0 Å². The Balaban J connectivity index is 1.65. The average molecular weight is 424 g/mol. The molecule has 1 aliphatic heterocycles. The smallest absolute Gasteiger partial charge is 0.222 e. The number of hydrogen-bond donors (Lipinski definition) is 1. The number of allylic oxidation sites excluding steroid dienone is 2. The number of carbonyl (C=O) groups excluding carboxylic acids is 1. The Morgan fingerprint density at radius 2 is 1.90 bits per heavy atom. The van der Waals surface area contributed by atoms with Crippen molar-refractivity contribution in [3.8, 4) is 5.69 Å². The molecule has 2 aromatic rings. The van der Waals surface area contributed by atoms with E-state index in [0.717, 1.165) is 55.9 Å². The number of amides is 1. The topological polar surface area (TPSA) is 51.3 Å². The molecule has 5 heteroatoms. The molecule has 2 aliphatic rings. The van der Waals surface area contributed by atoms with E-state index < -0.39 is 0 Å². The minimum Gasteiger partial charge on any atom is -0.343 e. The van der Waals surface area contributed by atoms with Crippen LogP contribution >= 0.6 is 11.6 Å². The van der Waals surface area contributed by atoms with Crippen LogP contribution in [0.25, 0.3) is 17.8 Å². The fourth-order valence-electron chi connectivity index (χ4n) is 4.51. The summed E-state index contributed by atoms with van der Waals surface area (Å²) < 4.78 is 2.30. The van der Waals surface area contributed by atoms with E-state index in [9.17, 15) is 4.79 Å². The van der Waals surface area contributed by atoms with Crippen LogP contribution in [0, 0.1) is 0 Å². The number of aromatic nitrogens is 1. The van der Waals surface area contributed by atoms with E-state index in [1.54, 1.807) is 0 Å². The number of rotatable bonds is 5. The molecular weight excluding hydrogens is 394 g/mol. The van der Waals surface area contributed by atoms with Gasteiger partial charge in [-0.15, -0.1) is 0 Å². The van der Waals surface area contributed by atoms with Crippen LogP contribution < -0.4 is 16.3 Å². The molecule has 2 N–H and O–H groups in total. The minimum absolute atomic E-state index is 0.246. The van der Waals surface area contributed by atoms with E-state index in [2.05, 4.69) is 47.2 Å². The van der Waals surface area contributed by atoms with Gasteiger partial charge in [-0.2, -0.15) is 0 Å². The van der Waals surface area contributed by atoms with Crippen molar-refractivity contribution in [1.82, 2.24) is 9.47 Å². The summed E-state index contributed by atoms with van der Waals surface area (Å²) in [4.78, 5) is 14.4. The molecule has 0 unspecified atom stereocenters. The van der Waals surface area contributed by atoms with Crippen LogP contribution in [0.15, 0.2) is 42.6 Å². The van der Waals surface area contributed by atoms with E-state index >= 15 is 0 Å². The van der Waals surface area contributed by atoms with Crippen molar-refractivity contribution in [2.75, 3.05) is 19.6 Å². The van der Waals surface area contributed by atoms with Gasteiger partial charge in [0.2, 0.25) is 5.91 Å². The van der Waals surface area contributed by atoms with Gasteiger partial charge in [0, 0.05) is 47.0 Å². The van der Waals surface area contributed by atoms with E-state index in [-0.39, 0.29) is 5.91 Å². The molecular formula is C25H30ClN3O. The number of nitrogens with zero attached hydrogens (tertiary/aromatic N) is 2.